The number of rotatable bonds is 3. The van der Waals surface area contributed by atoms with E-state index in [0.717, 1.165) is 12.8 Å². The van der Waals surface area contributed by atoms with Crippen molar-refractivity contribution in [3.8, 4) is 0 Å². The summed E-state index contributed by atoms with van der Waals surface area (Å²) in [6.45, 7) is 1.02. The molecule has 0 unspecified atom stereocenters. The molecular formula is C12H16N2O3S. The fraction of sp³-hybridized carbons (Fsp3) is 0.500. The zero-order chi connectivity index (χ0) is 13.0. The highest BCUT2D eigenvalue weighted by Gasteiger charge is 2.22. The van der Waals surface area contributed by atoms with Gasteiger partial charge in [-0.3, -0.25) is 9.59 Å². The first kappa shape index (κ1) is 13.0. The van der Waals surface area contributed by atoms with Gasteiger partial charge >= 0.3 is 0 Å². The van der Waals surface area contributed by atoms with Crippen molar-refractivity contribution in [3.05, 3.63) is 22.4 Å². The summed E-state index contributed by atoms with van der Waals surface area (Å²) >= 11 is 1.34. The molecule has 1 fully saturated rings. The molecule has 2 amide bonds. The molecule has 1 aromatic rings. The molecule has 1 aliphatic heterocycles. The molecule has 0 aromatic carbocycles. The topological polar surface area (TPSA) is 69.6 Å². The standard InChI is InChI=1S/C12H16N2O3S/c15-9-3-1-5-14(8-9)11(16)7-13-12(17)10-4-2-6-18-10/h2,4,6,9,15H,1,3,5,7-8H2,(H,13,17)/t9-/m0/s1. The molecular weight excluding hydrogens is 252 g/mol. The van der Waals surface area contributed by atoms with Gasteiger partial charge in [-0.2, -0.15) is 0 Å². The molecule has 18 heavy (non-hydrogen) atoms. The number of nitrogens with one attached hydrogen (secondary N) is 1. The van der Waals surface area contributed by atoms with E-state index in [1.807, 2.05) is 5.38 Å². The van der Waals surface area contributed by atoms with Crippen LogP contribution in [0.4, 0.5) is 0 Å². The van der Waals surface area contributed by atoms with Gasteiger partial charge < -0.3 is 15.3 Å². The van der Waals surface area contributed by atoms with Gasteiger partial charge in [0.2, 0.25) is 5.91 Å². The van der Waals surface area contributed by atoms with Crippen molar-refractivity contribution in [2.45, 2.75) is 18.9 Å². The third-order valence-corrected chi connectivity index (χ3v) is 3.76. The predicted molar refractivity (Wildman–Crippen MR) is 68.5 cm³/mol. The normalized spacial score (nSPS) is 19.6. The Morgan fingerprint density at radius 2 is 2.39 bits per heavy atom. The summed E-state index contributed by atoms with van der Waals surface area (Å²) in [7, 11) is 0. The lowest BCUT2D eigenvalue weighted by atomic mass is 10.1. The van der Waals surface area contributed by atoms with E-state index < -0.39 is 6.10 Å². The van der Waals surface area contributed by atoms with Crippen molar-refractivity contribution >= 4 is 23.2 Å². The van der Waals surface area contributed by atoms with Crippen LogP contribution in [0.2, 0.25) is 0 Å². The number of carbonyl (C=O) groups is 2. The van der Waals surface area contributed by atoms with Gasteiger partial charge in [-0.25, -0.2) is 0 Å². The number of hydrogen-bond acceptors (Lipinski definition) is 4. The second-order valence-corrected chi connectivity index (χ2v) is 5.24. The number of likely N-dealkylation sites (tertiary alicyclic amines) is 1. The van der Waals surface area contributed by atoms with Gasteiger partial charge in [0.05, 0.1) is 17.5 Å². The third kappa shape index (κ3) is 3.30. The first-order valence-electron chi connectivity index (χ1n) is 5.94. The first-order chi connectivity index (χ1) is 8.66. The molecule has 2 heterocycles. The minimum absolute atomic E-state index is 0.0105. The number of amides is 2. The van der Waals surface area contributed by atoms with Crippen molar-refractivity contribution in [1.29, 1.82) is 0 Å². The highest BCUT2D eigenvalue weighted by molar-refractivity contribution is 7.12. The number of hydrogen-bond donors (Lipinski definition) is 2. The zero-order valence-corrected chi connectivity index (χ0v) is 10.8. The average Bonchev–Trinajstić information content (AvgIpc) is 2.89. The van der Waals surface area contributed by atoms with Crippen LogP contribution in [0, 0.1) is 0 Å². The third-order valence-electron chi connectivity index (χ3n) is 2.89. The molecule has 1 saturated heterocycles. The van der Waals surface area contributed by atoms with Gasteiger partial charge in [0.1, 0.15) is 0 Å². The smallest absolute Gasteiger partial charge is 0.261 e. The van der Waals surface area contributed by atoms with Gasteiger partial charge in [0.15, 0.2) is 0 Å². The van der Waals surface area contributed by atoms with E-state index in [-0.39, 0.29) is 18.4 Å². The van der Waals surface area contributed by atoms with Crippen molar-refractivity contribution in [2.75, 3.05) is 19.6 Å². The molecule has 6 heteroatoms. The second kappa shape index (κ2) is 5.97. The predicted octanol–water partition coefficient (Wildman–Crippen LogP) is 0.461. The summed E-state index contributed by atoms with van der Waals surface area (Å²) in [5.41, 5.74) is 0. The highest BCUT2D eigenvalue weighted by atomic mass is 32.1. The number of thiophene rings is 1. The summed E-state index contributed by atoms with van der Waals surface area (Å²) in [6.07, 6.45) is 1.12. The Balaban J connectivity index is 1.79. The Morgan fingerprint density at radius 3 is 3.06 bits per heavy atom. The number of aliphatic hydroxyl groups excluding tert-OH is 1. The molecule has 0 radical (unpaired) electrons. The second-order valence-electron chi connectivity index (χ2n) is 4.30. The maximum Gasteiger partial charge on any atom is 0.261 e. The lowest BCUT2D eigenvalue weighted by molar-refractivity contribution is -0.133. The van der Waals surface area contributed by atoms with Crippen LogP contribution in [0.1, 0.15) is 22.5 Å². The average molecular weight is 268 g/mol. The van der Waals surface area contributed by atoms with Gasteiger partial charge in [-0.15, -0.1) is 11.3 Å². The minimum Gasteiger partial charge on any atom is -0.391 e. The maximum atomic E-state index is 11.8. The Hall–Kier alpha value is -1.40. The van der Waals surface area contributed by atoms with E-state index in [0.29, 0.717) is 18.0 Å². The van der Waals surface area contributed by atoms with Crippen LogP contribution in [0.5, 0.6) is 0 Å². The monoisotopic (exact) mass is 268 g/mol. The molecule has 5 nitrogen and oxygen atoms in total. The highest BCUT2D eigenvalue weighted by Crippen LogP contribution is 2.10. The lowest BCUT2D eigenvalue weighted by Crippen LogP contribution is -2.46. The fourth-order valence-electron chi connectivity index (χ4n) is 1.94. The molecule has 1 atom stereocenters. The molecule has 1 aromatic heterocycles. The molecule has 1 aliphatic rings. The van der Waals surface area contributed by atoms with Gasteiger partial charge in [-0.1, -0.05) is 6.07 Å². The van der Waals surface area contributed by atoms with Crippen molar-refractivity contribution in [3.63, 3.8) is 0 Å². The quantitative estimate of drug-likeness (QED) is 0.837. The maximum absolute atomic E-state index is 11.8. The van der Waals surface area contributed by atoms with Crippen LogP contribution in [-0.4, -0.2) is 47.6 Å². The van der Waals surface area contributed by atoms with E-state index in [2.05, 4.69) is 5.32 Å². The molecule has 0 spiro atoms. The summed E-state index contributed by atoms with van der Waals surface area (Å²) in [5, 5.41) is 13.9. The summed E-state index contributed by atoms with van der Waals surface area (Å²) in [6, 6.07) is 3.51. The summed E-state index contributed by atoms with van der Waals surface area (Å²) in [4.78, 5) is 25.7. The number of nitrogens with zero attached hydrogens (tertiary/aromatic N) is 1. The molecule has 0 bridgehead atoms. The Kier molecular flexibility index (Phi) is 4.33. The van der Waals surface area contributed by atoms with E-state index in [4.69, 9.17) is 0 Å². The molecule has 0 aliphatic carbocycles. The Bertz CT molecular complexity index is 419. The number of aliphatic hydroxyl groups is 1. The Morgan fingerprint density at radius 1 is 1.56 bits per heavy atom. The van der Waals surface area contributed by atoms with Crippen LogP contribution in [0.25, 0.3) is 0 Å². The van der Waals surface area contributed by atoms with Crippen molar-refractivity contribution < 1.29 is 14.7 Å². The van der Waals surface area contributed by atoms with E-state index in [1.54, 1.807) is 17.0 Å². The van der Waals surface area contributed by atoms with Gasteiger partial charge in [0.25, 0.3) is 5.91 Å². The van der Waals surface area contributed by atoms with Gasteiger partial charge in [0, 0.05) is 13.1 Å². The van der Waals surface area contributed by atoms with Gasteiger partial charge in [-0.05, 0) is 24.3 Å². The van der Waals surface area contributed by atoms with E-state index >= 15 is 0 Å². The van der Waals surface area contributed by atoms with Crippen molar-refractivity contribution in [2.24, 2.45) is 0 Å². The van der Waals surface area contributed by atoms with Crippen LogP contribution >= 0.6 is 11.3 Å². The summed E-state index contributed by atoms with van der Waals surface area (Å²) in [5.74, 6) is -0.366. The lowest BCUT2D eigenvalue weighted by Gasteiger charge is -2.30. The van der Waals surface area contributed by atoms with Crippen LogP contribution < -0.4 is 5.32 Å². The minimum atomic E-state index is -0.435. The van der Waals surface area contributed by atoms with Crippen LogP contribution in [-0.2, 0) is 4.79 Å². The van der Waals surface area contributed by atoms with Crippen molar-refractivity contribution in [1.82, 2.24) is 10.2 Å². The fourth-order valence-corrected chi connectivity index (χ4v) is 2.58. The zero-order valence-electron chi connectivity index (χ0n) is 9.96. The SMILES string of the molecule is O=C(NCC(=O)N1CCC[C@H](O)C1)c1cccs1. The molecule has 0 saturated carbocycles. The van der Waals surface area contributed by atoms with Crippen LogP contribution in [0.15, 0.2) is 17.5 Å². The Labute approximate surface area is 109 Å². The van der Waals surface area contributed by atoms with E-state index in [1.165, 1.54) is 11.3 Å². The molecule has 2 N–H and O–H groups in total. The number of carbonyl (C=O) groups excluding carboxylic acids is 2. The number of piperidine rings is 1. The molecule has 98 valence electrons. The largest absolute Gasteiger partial charge is 0.391 e. The summed E-state index contributed by atoms with van der Waals surface area (Å²) < 4.78 is 0. The first-order valence-corrected chi connectivity index (χ1v) is 6.82. The van der Waals surface area contributed by atoms with Crippen LogP contribution in [0.3, 0.4) is 0 Å². The van der Waals surface area contributed by atoms with E-state index in [9.17, 15) is 14.7 Å². The molecule has 2 rings (SSSR count). The number of β-amino-alcohol motifs (C(OH)–C–C–N with tert-alkyl or cyclic N) is 1.